The number of hydrogen-bond donors (Lipinski definition) is 0. The van der Waals surface area contributed by atoms with Gasteiger partial charge in [0.1, 0.15) is 12.4 Å². The smallest absolute Gasteiger partial charge is 0.149 e. The maximum atomic E-state index is 5.48. The molecule has 1 nitrogen and oxygen atoms in total. The van der Waals surface area contributed by atoms with Crippen molar-refractivity contribution in [3.63, 3.8) is 0 Å². The van der Waals surface area contributed by atoms with Crippen molar-refractivity contribution in [2.75, 3.05) is 6.61 Å². The highest BCUT2D eigenvalue weighted by molar-refractivity contribution is 5.49. The minimum atomic E-state index is 0.350. The molecule has 1 heteroatoms. The second-order valence-electron chi connectivity index (χ2n) is 3.59. The van der Waals surface area contributed by atoms with Gasteiger partial charge in [-0.15, -0.1) is 6.42 Å². The number of benzene rings is 2. The van der Waals surface area contributed by atoms with E-state index in [9.17, 15) is 0 Å². The monoisotopic (exact) mass is 232 g/mol. The molecule has 0 aliphatic heterocycles. The number of ether oxygens (including phenoxy) is 1. The summed E-state index contributed by atoms with van der Waals surface area (Å²) in [7, 11) is 0. The first-order chi connectivity index (χ1) is 8.90. The second-order valence-corrected chi connectivity index (χ2v) is 3.59. The van der Waals surface area contributed by atoms with Crippen molar-refractivity contribution < 1.29 is 4.74 Å². The van der Waals surface area contributed by atoms with E-state index in [4.69, 9.17) is 11.2 Å². The predicted molar refractivity (Wildman–Crippen MR) is 73.2 cm³/mol. The van der Waals surface area contributed by atoms with E-state index in [1.807, 2.05) is 54.6 Å². The van der Waals surface area contributed by atoms with E-state index >= 15 is 0 Å². The molecule has 0 fully saturated rings. The van der Waals surface area contributed by atoms with Gasteiger partial charge in [-0.3, -0.25) is 0 Å². The Balaban J connectivity index is 1.99. The summed E-state index contributed by atoms with van der Waals surface area (Å²) in [4.78, 5) is 0. The van der Waals surface area contributed by atoms with E-state index in [-0.39, 0.29) is 0 Å². The molecule has 0 heterocycles. The summed E-state index contributed by atoms with van der Waals surface area (Å²) in [6.45, 7) is 0.350. The third-order valence-corrected chi connectivity index (χ3v) is 2.36. The van der Waals surface area contributed by atoms with Crippen LogP contribution in [0.3, 0.4) is 0 Å². The molecule has 2 aromatic carbocycles. The Hall–Kier alpha value is -2.64. The van der Waals surface area contributed by atoms with Crippen molar-refractivity contribution in [1.82, 2.24) is 0 Å². The average Bonchev–Trinajstić information content (AvgIpc) is 2.45. The highest BCUT2D eigenvalue weighted by Gasteiger charge is 1.93. The Morgan fingerprint density at radius 1 is 0.889 bits per heavy atom. The van der Waals surface area contributed by atoms with E-state index in [1.165, 1.54) is 0 Å². The molecule has 0 aliphatic rings. The van der Waals surface area contributed by atoms with Crippen LogP contribution >= 0.6 is 0 Å². The topological polar surface area (TPSA) is 9.23 Å². The van der Waals surface area contributed by atoms with Gasteiger partial charge >= 0.3 is 0 Å². The van der Waals surface area contributed by atoms with Gasteiger partial charge in [0, 0.05) is 11.1 Å². The summed E-state index contributed by atoms with van der Waals surface area (Å²) >= 11 is 0. The van der Waals surface area contributed by atoms with Gasteiger partial charge < -0.3 is 4.74 Å². The third kappa shape index (κ3) is 3.17. The summed E-state index contributed by atoms with van der Waals surface area (Å²) < 4.78 is 5.48. The molecule has 0 N–H and O–H groups in total. The highest BCUT2D eigenvalue weighted by atomic mass is 16.5. The summed E-state index contributed by atoms with van der Waals surface area (Å²) in [5.74, 6) is 9.40. The third-order valence-electron chi connectivity index (χ3n) is 2.36. The Kier molecular flexibility index (Phi) is 4.07. The van der Waals surface area contributed by atoms with Crippen LogP contribution < -0.4 is 4.74 Å². The lowest BCUT2D eigenvalue weighted by molar-refractivity contribution is 0.370. The van der Waals surface area contributed by atoms with Crippen molar-refractivity contribution in [3.05, 3.63) is 65.7 Å². The van der Waals surface area contributed by atoms with Gasteiger partial charge in [-0.1, -0.05) is 48.1 Å². The molecule has 18 heavy (non-hydrogen) atoms. The van der Waals surface area contributed by atoms with Crippen LogP contribution in [0.5, 0.6) is 5.75 Å². The molecule has 0 aliphatic carbocycles. The van der Waals surface area contributed by atoms with Gasteiger partial charge in [-0.05, 0) is 24.3 Å². The Bertz CT molecular complexity index is 609. The van der Waals surface area contributed by atoms with Gasteiger partial charge in [-0.25, -0.2) is 0 Å². The van der Waals surface area contributed by atoms with E-state index in [0.29, 0.717) is 6.61 Å². The number of terminal acetylenes is 1. The Morgan fingerprint density at radius 3 is 2.28 bits per heavy atom. The van der Waals surface area contributed by atoms with Crippen LogP contribution in [0, 0.1) is 24.2 Å². The van der Waals surface area contributed by atoms with Crippen LogP contribution in [0.4, 0.5) is 0 Å². The van der Waals surface area contributed by atoms with Gasteiger partial charge in [0.05, 0.1) is 0 Å². The molecule has 0 spiro atoms. The summed E-state index contributed by atoms with van der Waals surface area (Å²) in [5, 5.41) is 0. The minimum Gasteiger partial charge on any atom is -0.481 e. The van der Waals surface area contributed by atoms with Crippen LogP contribution in [0.1, 0.15) is 11.1 Å². The Labute approximate surface area is 107 Å². The predicted octanol–water partition coefficient (Wildman–Crippen LogP) is 3.10. The fourth-order valence-corrected chi connectivity index (χ4v) is 1.49. The standard InChI is InChI=1S/C17H12O/c1-2-15-9-6-7-10-16(15)11-8-14-18-17-12-4-3-5-13-17/h1,3-7,9-10,12-13H,14H2. The van der Waals surface area contributed by atoms with Crippen LogP contribution in [0.15, 0.2) is 54.6 Å². The molecule has 86 valence electrons. The fraction of sp³-hybridized carbons (Fsp3) is 0.0588. The first-order valence-corrected chi connectivity index (χ1v) is 5.62. The van der Waals surface area contributed by atoms with Gasteiger partial charge in [0.25, 0.3) is 0 Å². The molecular weight excluding hydrogens is 220 g/mol. The van der Waals surface area contributed by atoms with Crippen molar-refractivity contribution >= 4 is 0 Å². The maximum absolute atomic E-state index is 5.48. The number of para-hydroxylation sites is 1. The van der Waals surface area contributed by atoms with Crippen molar-refractivity contribution in [1.29, 1.82) is 0 Å². The van der Waals surface area contributed by atoms with Gasteiger partial charge in [0.15, 0.2) is 0 Å². The molecule has 0 amide bonds. The molecule has 2 aromatic rings. The molecule has 2 rings (SSSR count). The molecule has 0 bridgehead atoms. The van der Waals surface area contributed by atoms with Crippen molar-refractivity contribution in [3.8, 4) is 29.9 Å². The second kappa shape index (κ2) is 6.18. The zero-order chi connectivity index (χ0) is 12.6. The molecular formula is C17H12O. The lowest BCUT2D eigenvalue weighted by Crippen LogP contribution is -1.93. The molecule has 0 saturated heterocycles. The van der Waals surface area contributed by atoms with Crippen LogP contribution in [0.2, 0.25) is 0 Å². The largest absolute Gasteiger partial charge is 0.481 e. The Morgan fingerprint density at radius 2 is 1.56 bits per heavy atom. The number of rotatable bonds is 2. The first-order valence-electron chi connectivity index (χ1n) is 5.62. The normalized spacial score (nSPS) is 8.83. The highest BCUT2D eigenvalue weighted by Crippen LogP contribution is 2.08. The van der Waals surface area contributed by atoms with E-state index in [1.54, 1.807) is 0 Å². The summed E-state index contributed by atoms with van der Waals surface area (Å²) in [5.41, 5.74) is 1.67. The average molecular weight is 232 g/mol. The zero-order valence-electron chi connectivity index (χ0n) is 9.89. The summed E-state index contributed by atoms with van der Waals surface area (Å²) in [6.07, 6.45) is 5.40. The quantitative estimate of drug-likeness (QED) is 0.723. The van der Waals surface area contributed by atoms with Crippen LogP contribution in [-0.2, 0) is 0 Å². The zero-order valence-corrected chi connectivity index (χ0v) is 9.89. The lowest BCUT2D eigenvalue weighted by Gasteiger charge is -1.99. The molecule has 0 radical (unpaired) electrons. The van der Waals surface area contributed by atoms with Crippen molar-refractivity contribution in [2.24, 2.45) is 0 Å². The maximum Gasteiger partial charge on any atom is 0.149 e. The van der Waals surface area contributed by atoms with E-state index in [0.717, 1.165) is 16.9 Å². The molecule has 0 atom stereocenters. The first kappa shape index (κ1) is 11.8. The minimum absolute atomic E-state index is 0.350. The van der Waals surface area contributed by atoms with E-state index < -0.39 is 0 Å². The molecule has 0 aromatic heterocycles. The van der Waals surface area contributed by atoms with Gasteiger partial charge in [-0.2, -0.15) is 0 Å². The summed E-state index contributed by atoms with van der Waals surface area (Å²) in [6, 6.07) is 17.2. The molecule has 0 saturated carbocycles. The van der Waals surface area contributed by atoms with Gasteiger partial charge in [0.2, 0.25) is 0 Å². The van der Waals surface area contributed by atoms with Crippen LogP contribution in [0.25, 0.3) is 0 Å². The lowest BCUT2D eigenvalue weighted by atomic mass is 10.1. The molecule has 0 unspecified atom stereocenters. The van der Waals surface area contributed by atoms with E-state index in [2.05, 4.69) is 17.8 Å². The number of hydrogen-bond acceptors (Lipinski definition) is 1. The van der Waals surface area contributed by atoms with Crippen LogP contribution in [-0.4, -0.2) is 6.61 Å². The van der Waals surface area contributed by atoms with Crippen molar-refractivity contribution in [2.45, 2.75) is 0 Å². The SMILES string of the molecule is C#Cc1ccccc1C#CCOc1ccccc1. The fourth-order valence-electron chi connectivity index (χ4n) is 1.49.